The quantitative estimate of drug-likeness (QED) is 0.135. The number of para-hydroxylation sites is 4. The molecule has 0 amide bonds. The molecule has 336 valence electrons. The van der Waals surface area contributed by atoms with Gasteiger partial charge in [0.25, 0.3) is 0 Å². The van der Waals surface area contributed by atoms with Gasteiger partial charge in [-0.3, -0.25) is 0 Å². The fraction of sp³-hybridized carbons (Fsp3) is 0.0294. The summed E-state index contributed by atoms with van der Waals surface area (Å²) in [6, 6.07) is 102. The lowest BCUT2D eigenvalue weighted by Crippen LogP contribution is -2.23. The van der Waals surface area contributed by atoms with Crippen molar-refractivity contribution in [2.75, 3.05) is 9.80 Å². The monoisotopic (exact) mass is 907 g/mol. The van der Waals surface area contributed by atoms with Crippen LogP contribution in [0.25, 0.3) is 60.9 Å². The predicted octanol–water partition coefficient (Wildman–Crippen LogP) is 18.4. The van der Waals surface area contributed by atoms with Crippen LogP contribution < -0.4 is 9.80 Å². The van der Waals surface area contributed by atoms with Crippen LogP contribution in [-0.2, 0) is 5.41 Å². The maximum absolute atomic E-state index is 2.45. The van der Waals surface area contributed by atoms with Crippen molar-refractivity contribution in [2.45, 2.75) is 12.3 Å². The summed E-state index contributed by atoms with van der Waals surface area (Å²) < 4.78 is 2.41. The second-order valence-corrected chi connectivity index (χ2v) is 18.7. The van der Waals surface area contributed by atoms with Gasteiger partial charge in [-0.05, 0) is 154 Å². The highest BCUT2D eigenvalue weighted by Crippen LogP contribution is 2.55. The lowest BCUT2D eigenvalue weighted by molar-refractivity contribution is 0.714. The van der Waals surface area contributed by atoms with E-state index in [2.05, 4.69) is 300 Å². The van der Waals surface area contributed by atoms with E-state index < -0.39 is 5.41 Å². The fourth-order valence-corrected chi connectivity index (χ4v) is 11.2. The van der Waals surface area contributed by atoms with Gasteiger partial charge in [0.1, 0.15) is 0 Å². The van der Waals surface area contributed by atoms with Crippen LogP contribution in [0, 0.1) is 0 Å². The molecule has 12 aromatic rings. The van der Waals surface area contributed by atoms with Gasteiger partial charge in [0.15, 0.2) is 0 Å². The molecule has 71 heavy (non-hydrogen) atoms. The van der Waals surface area contributed by atoms with E-state index in [0.717, 1.165) is 39.8 Å². The molecule has 3 nitrogen and oxygen atoms in total. The molecule has 0 aliphatic heterocycles. The van der Waals surface area contributed by atoms with Crippen molar-refractivity contribution in [1.82, 2.24) is 4.57 Å². The van der Waals surface area contributed by atoms with Crippen LogP contribution >= 0.6 is 0 Å². The van der Waals surface area contributed by atoms with E-state index in [1.165, 1.54) is 71.9 Å². The summed E-state index contributed by atoms with van der Waals surface area (Å²) in [7, 11) is 0. The molecule has 1 unspecified atom stereocenters. The molecule has 1 heterocycles. The van der Waals surface area contributed by atoms with Crippen LogP contribution in [0.15, 0.2) is 279 Å². The molecule has 13 rings (SSSR count). The molecule has 0 fully saturated rings. The fourth-order valence-electron chi connectivity index (χ4n) is 11.2. The van der Waals surface area contributed by atoms with Gasteiger partial charge in [0, 0.05) is 56.0 Å². The number of nitrogens with zero attached hydrogens (tertiary/aromatic N) is 3. The van der Waals surface area contributed by atoms with E-state index in [0.29, 0.717) is 0 Å². The first-order valence-corrected chi connectivity index (χ1v) is 24.5. The van der Waals surface area contributed by atoms with E-state index in [1.54, 1.807) is 0 Å². The summed E-state index contributed by atoms with van der Waals surface area (Å²) in [5.41, 5.74) is 20.8. The molecule has 1 atom stereocenters. The first-order valence-electron chi connectivity index (χ1n) is 24.5. The Hall–Kier alpha value is -9.18. The van der Waals surface area contributed by atoms with Gasteiger partial charge in [0.05, 0.1) is 11.0 Å². The normalized spacial score (nSPS) is 13.8. The molecule has 0 saturated heterocycles. The van der Waals surface area contributed by atoms with Crippen LogP contribution in [0.4, 0.5) is 34.1 Å². The Kier molecular flexibility index (Phi) is 10.3. The number of aromatic nitrogens is 1. The van der Waals surface area contributed by atoms with Crippen molar-refractivity contribution in [1.29, 1.82) is 0 Å². The summed E-state index contributed by atoms with van der Waals surface area (Å²) in [4.78, 5) is 4.76. The topological polar surface area (TPSA) is 11.4 Å². The van der Waals surface area contributed by atoms with E-state index in [1.807, 2.05) is 0 Å². The molecular weight excluding hydrogens is 859 g/mol. The van der Waals surface area contributed by atoms with Crippen LogP contribution in [0.3, 0.4) is 0 Å². The van der Waals surface area contributed by atoms with Gasteiger partial charge < -0.3 is 14.4 Å². The number of hydrogen-bond donors (Lipinski definition) is 0. The summed E-state index contributed by atoms with van der Waals surface area (Å²) in [6.07, 6.45) is 0. The second kappa shape index (κ2) is 17.4. The molecule has 0 N–H and O–H groups in total. The van der Waals surface area contributed by atoms with Gasteiger partial charge in [-0.2, -0.15) is 0 Å². The van der Waals surface area contributed by atoms with E-state index >= 15 is 0 Å². The van der Waals surface area contributed by atoms with Crippen LogP contribution in [0.1, 0.15) is 23.6 Å². The van der Waals surface area contributed by atoms with Crippen molar-refractivity contribution in [3.8, 4) is 39.1 Å². The van der Waals surface area contributed by atoms with Crippen LogP contribution in [-0.4, -0.2) is 4.57 Å². The zero-order valence-electron chi connectivity index (χ0n) is 39.4. The van der Waals surface area contributed by atoms with Crippen LogP contribution in [0.5, 0.6) is 0 Å². The Bertz CT molecular complexity index is 3830. The average molecular weight is 908 g/mol. The van der Waals surface area contributed by atoms with Gasteiger partial charge in [-0.25, -0.2) is 0 Å². The highest BCUT2D eigenvalue weighted by Gasteiger charge is 2.41. The minimum atomic E-state index is -0.424. The number of fused-ring (bicyclic) bond motifs is 6. The third-order valence-corrected chi connectivity index (χ3v) is 14.6. The molecule has 0 saturated carbocycles. The molecule has 1 aliphatic rings. The van der Waals surface area contributed by atoms with Gasteiger partial charge in [-0.15, -0.1) is 0 Å². The third kappa shape index (κ3) is 7.21. The largest absolute Gasteiger partial charge is 0.310 e. The average Bonchev–Trinajstić information content (AvgIpc) is 3.91. The van der Waals surface area contributed by atoms with E-state index in [-0.39, 0.29) is 0 Å². The lowest BCUT2D eigenvalue weighted by atomic mass is 9.74. The second-order valence-electron chi connectivity index (χ2n) is 18.7. The van der Waals surface area contributed by atoms with Gasteiger partial charge in [-0.1, -0.05) is 182 Å². The minimum absolute atomic E-state index is 0.424. The maximum atomic E-state index is 2.45. The summed E-state index contributed by atoms with van der Waals surface area (Å²) in [5.74, 6) is 0. The Labute approximate surface area is 415 Å². The maximum Gasteiger partial charge on any atom is 0.0547 e. The Balaban J connectivity index is 0.975. The van der Waals surface area contributed by atoms with Crippen molar-refractivity contribution < 1.29 is 0 Å². The van der Waals surface area contributed by atoms with Crippen molar-refractivity contribution in [3.63, 3.8) is 0 Å². The molecule has 3 heteroatoms. The molecular formula is C68H49N3. The molecule has 1 aliphatic carbocycles. The number of hydrogen-bond acceptors (Lipinski definition) is 2. The van der Waals surface area contributed by atoms with Crippen molar-refractivity contribution >= 4 is 55.9 Å². The predicted molar refractivity (Wildman–Crippen MR) is 298 cm³/mol. The molecule has 0 bridgehead atoms. The smallest absolute Gasteiger partial charge is 0.0547 e. The number of rotatable bonds is 10. The van der Waals surface area contributed by atoms with Crippen molar-refractivity contribution in [3.05, 3.63) is 296 Å². The third-order valence-electron chi connectivity index (χ3n) is 14.6. The Morgan fingerprint density at radius 3 is 1.46 bits per heavy atom. The molecule has 1 aromatic heterocycles. The van der Waals surface area contributed by atoms with Gasteiger partial charge in [0.2, 0.25) is 0 Å². The zero-order valence-corrected chi connectivity index (χ0v) is 39.4. The number of anilines is 6. The minimum Gasteiger partial charge on any atom is -0.310 e. The van der Waals surface area contributed by atoms with E-state index in [9.17, 15) is 0 Å². The summed E-state index contributed by atoms with van der Waals surface area (Å²) in [6.45, 7) is 2.41. The van der Waals surface area contributed by atoms with Crippen molar-refractivity contribution in [2.24, 2.45) is 0 Å². The molecule has 11 aromatic carbocycles. The van der Waals surface area contributed by atoms with E-state index in [4.69, 9.17) is 0 Å². The molecule has 0 spiro atoms. The Morgan fingerprint density at radius 2 is 0.775 bits per heavy atom. The SMILES string of the molecule is CC1(c2ccccc2)c2ccc(-c3ccc4c5ccccc5n(-c5ccccc5)c4c3)cc2-c2ccc(N(c3ccc(-c4ccccc4)cc3)c3cccc(N(c4ccccc4)c4ccccc4)c3)cc21. The lowest BCUT2D eigenvalue weighted by Gasteiger charge is -2.32. The highest BCUT2D eigenvalue weighted by molar-refractivity contribution is 6.10. The van der Waals surface area contributed by atoms with Crippen LogP contribution in [0.2, 0.25) is 0 Å². The highest BCUT2D eigenvalue weighted by atomic mass is 15.2. The zero-order chi connectivity index (χ0) is 47.3. The van der Waals surface area contributed by atoms with Gasteiger partial charge >= 0.3 is 0 Å². The number of benzene rings is 11. The summed E-state index contributed by atoms with van der Waals surface area (Å²) >= 11 is 0. The first-order chi connectivity index (χ1) is 35.1. The summed E-state index contributed by atoms with van der Waals surface area (Å²) in [5, 5.41) is 2.51. The molecule has 0 radical (unpaired) electrons. The Morgan fingerprint density at radius 1 is 0.296 bits per heavy atom. The first kappa shape index (κ1) is 42.0. The standard InChI is InChI=1S/C68H49N3/c1-68(52-22-9-3-10-23-52)64-43-37-50(51-36-41-62-61-32-17-18-33-66(61)71(67(62)45-51)55-28-15-6-16-29-55)44-63(64)60-42-40-59(47-65(60)68)70(56-38-34-49(35-39-56)48-20-7-2-8-21-48)58-31-19-30-57(46-58)69(53-24-11-4-12-25-53)54-26-13-5-14-27-54/h2-47H,1H3.